The number of fused-ring (bicyclic) bond motifs is 2. The molecule has 6 heteroatoms. The first kappa shape index (κ1) is 20.9. The fourth-order valence-corrected chi connectivity index (χ4v) is 4.40. The third kappa shape index (κ3) is 3.67. The van der Waals surface area contributed by atoms with E-state index in [0.29, 0.717) is 35.1 Å². The second-order valence-electron chi connectivity index (χ2n) is 8.22. The van der Waals surface area contributed by atoms with Crippen LogP contribution in [0.1, 0.15) is 38.9 Å². The lowest BCUT2D eigenvalue weighted by Gasteiger charge is -2.25. The Bertz CT molecular complexity index is 1410. The quantitative estimate of drug-likeness (QED) is 0.434. The van der Waals surface area contributed by atoms with Crippen LogP contribution in [0.15, 0.2) is 75.9 Å². The van der Waals surface area contributed by atoms with Crippen LogP contribution in [0.5, 0.6) is 5.75 Å². The van der Waals surface area contributed by atoms with Crippen LogP contribution in [0.4, 0.5) is 4.39 Å². The third-order valence-electron chi connectivity index (χ3n) is 6.11. The molecule has 1 aromatic heterocycles. The Balaban J connectivity index is 1.60. The molecule has 166 valence electrons. The summed E-state index contributed by atoms with van der Waals surface area (Å²) < 4.78 is 24.8. The van der Waals surface area contributed by atoms with Crippen LogP contribution in [-0.2, 0) is 6.42 Å². The van der Waals surface area contributed by atoms with E-state index < -0.39 is 6.04 Å². The van der Waals surface area contributed by atoms with E-state index in [-0.39, 0.29) is 22.9 Å². The molecule has 0 fully saturated rings. The van der Waals surface area contributed by atoms with Gasteiger partial charge in [-0.05, 0) is 60.9 Å². The standard InChI is InChI=1S/C27H22FNO4/c1-16-3-12-22-21(15-16)25(30)23-24(18-6-8-19(28)9-7-18)29(27(31)26(23)33-22)14-13-17-4-10-20(32-2)11-5-17/h3-12,15,24H,13-14H2,1-2H3. The number of nitrogens with zero attached hydrogens (tertiary/aromatic N) is 1. The minimum absolute atomic E-state index is 0.0559. The summed E-state index contributed by atoms with van der Waals surface area (Å²) in [5, 5.41) is 0.436. The highest BCUT2D eigenvalue weighted by Gasteiger charge is 2.42. The van der Waals surface area contributed by atoms with Crippen molar-refractivity contribution in [3.63, 3.8) is 0 Å². The fraction of sp³-hybridized carbons (Fsp3) is 0.185. The minimum atomic E-state index is -0.646. The SMILES string of the molecule is COc1ccc(CCN2C(=O)c3oc4ccc(C)cc4c(=O)c3C2c2ccc(F)cc2)cc1. The Labute approximate surface area is 190 Å². The minimum Gasteiger partial charge on any atom is -0.497 e. The van der Waals surface area contributed by atoms with Gasteiger partial charge in [0.05, 0.1) is 24.1 Å². The van der Waals surface area contributed by atoms with Crippen molar-refractivity contribution in [2.75, 3.05) is 13.7 Å². The highest BCUT2D eigenvalue weighted by Crippen LogP contribution is 2.38. The predicted octanol–water partition coefficient (Wildman–Crippen LogP) is 5.04. The molecule has 2 heterocycles. The summed E-state index contributed by atoms with van der Waals surface area (Å²) in [6.45, 7) is 2.27. The van der Waals surface area contributed by atoms with Gasteiger partial charge in [-0.1, -0.05) is 35.9 Å². The van der Waals surface area contributed by atoms with Gasteiger partial charge < -0.3 is 14.1 Å². The molecule has 1 amide bonds. The molecule has 0 N–H and O–H groups in total. The van der Waals surface area contributed by atoms with Crippen molar-refractivity contribution in [2.24, 2.45) is 0 Å². The number of amides is 1. The zero-order valence-corrected chi connectivity index (χ0v) is 18.3. The van der Waals surface area contributed by atoms with Gasteiger partial charge in [0.2, 0.25) is 5.76 Å². The maximum absolute atomic E-state index is 13.6. The summed E-state index contributed by atoms with van der Waals surface area (Å²) in [6.07, 6.45) is 0.578. The average molecular weight is 443 g/mol. The summed E-state index contributed by atoms with van der Waals surface area (Å²) in [4.78, 5) is 28.6. The molecule has 1 unspecified atom stereocenters. The van der Waals surface area contributed by atoms with Crippen LogP contribution in [-0.4, -0.2) is 24.5 Å². The van der Waals surface area contributed by atoms with Crippen LogP contribution in [0.3, 0.4) is 0 Å². The summed E-state index contributed by atoms with van der Waals surface area (Å²) in [5.41, 5.74) is 3.07. The molecule has 0 saturated heterocycles. The summed E-state index contributed by atoms with van der Waals surface area (Å²) in [6, 6.07) is 18.2. The number of hydrogen-bond acceptors (Lipinski definition) is 4. The molecule has 5 rings (SSSR count). The third-order valence-corrected chi connectivity index (χ3v) is 6.11. The van der Waals surface area contributed by atoms with Crippen LogP contribution < -0.4 is 10.2 Å². The first-order valence-corrected chi connectivity index (χ1v) is 10.7. The van der Waals surface area contributed by atoms with E-state index in [1.807, 2.05) is 37.3 Å². The second kappa shape index (κ2) is 8.20. The van der Waals surface area contributed by atoms with E-state index in [1.165, 1.54) is 12.1 Å². The van der Waals surface area contributed by atoms with Crippen LogP contribution >= 0.6 is 0 Å². The van der Waals surface area contributed by atoms with Gasteiger partial charge in [-0.25, -0.2) is 4.39 Å². The lowest BCUT2D eigenvalue weighted by molar-refractivity contribution is 0.0730. The van der Waals surface area contributed by atoms with E-state index in [2.05, 4.69) is 0 Å². The molecule has 0 spiro atoms. The van der Waals surface area contributed by atoms with E-state index >= 15 is 0 Å². The van der Waals surface area contributed by atoms with Crippen LogP contribution in [0.2, 0.25) is 0 Å². The van der Waals surface area contributed by atoms with Crippen molar-refractivity contribution in [3.05, 3.63) is 111 Å². The Morgan fingerprint density at radius 1 is 1.00 bits per heavy atom. The molecular formula is C27H22FNO4. The molecule has 1 aliphatic heterocycles. The number of rotatable bonds is 5. The molecule has 0 aliphatic carbocycles. The number of halogens is 1. The Morgan fingerprint density at radius 3 is 2.42 bits per heavy atom. The summed E-state index contributed by atoms with van der Waals surface area (Å²) in [5.74, 6) is 0.0893. The van der Waals surface area contributed by atoms with Crippen molar-refractivity contribution >= 4 is 16.9 Å². The largest absolute Gasteiger partial charge is 0.497 e. The van der Waals surface area contributed by atoms with Gasteiger partial charge in [-0.3, -0.25) is 9.59 Å². The van der Waals surface area contributed by atoms with Gasteiger partial charge in [0.25, 0.3) is 5.91 Å². The number of carbonyl (C=O) groups is 1. The first-order chi connectivity index (χ1) is 16.0. The molecule has 3 aromatic carbocycles. The topological polar surface area (TPSA) is 59.8 Å². The highest BCUT2D eigenvalue weighted by molar-refractivity contribution is 5.99. The highest BCUT2D eigenvalue weighted by atomic mass is 19.1. The lowest BCUT2D eigenvalue weighted by atomic mass is 9.98. The van der Waals surface area contributed by atoms with Gasteiger partial charge in [-0.2, -0.15) is 0 Å². The molecule has 0 bridgehead atoms. The fourth-order valence-electron chi connectivity index (χ4n) is 4.40. The van der Waals surface area contributed by atoms with Crippen LogP contribution in [0, 0.1) is 12.7 Å². The number of carbonyl (C=O) groups excluding carboxylic acids is 1. The molecule has 1 aliphatic rings. The molecule has 0 radical (unpaired) electrons. The van der Waals surface area contributed by atoms with Crippen LogP contribution in [0.25, 0.3) is 11.0 Å². The van der Waals surface area contributed by atoms with Crippen molar-refractivity contribution in [2.45, 2.75) is 19.4 Å². The van der Waals surface area contributed by atoms with E-state index in [1.54, 1.807) is 36.3 Å². The normalized spacial score (nSPS) is 15.2. The number of hydrogen-bond donors (Lipinski definition) is 0. The Morgan fingerprint density at radius 2 is 1.73 bits per heavy atom. The monoisotopic (exact) mass is 443 g/mol. The van der Waals surface area contributed by atoms with E-state index in [0.717, 1.165) is 16.9 Å². The number of benzene rings is 3. The van der Waals surface area contributed by atoms with E-state index in [9.17, 15) is 14.0 Å². The maximum Gasteiger partial charge on any atom is 0.290 e. The Hall–Kier alpha value is -3.93. The van der Waals surface area contributed by atoms with Gasteiger partial charge in [0.1, 0.15) is 17.1 Å². The molecule has 1 atom stereocenters. The van der Waals surface area contributed by atoms with Crippen molar-refractivity contribution < 1.29 is 18.3 Å². The Kier molecular flexibility index (Phi) is 5.21. The predicted molar refractivity (Wildman–Crippen MR) is 123 cm³/mol. The van der Waals surface area contributed by atoms with Crippen molar-refractivity contribution in [3.8, 4) is 5.75 Å². The first-order valence-electron chi connectivity index (χ1n) is 10.7. The zero-order valence-electron chi connectivity index (χ0n) is 18.3. The molecule has 5 nitrogen and oxygen atoms in total. The van der Waals surface area contributed by atoms with Crippen molar-refractivity contribution in [1.29, 1.82) is 0 Å². The van der Waals surface area contributed by atoms with Gasteiger partial charge in [0, 0.05) is 6.54 Å². The number of ether oxygens (including phenoxy) is 1. The molecule has 0 saturated carbocycles. The molecule has 4 aromatic rings. The lowest BCUT2D eigenvalue weighted by Crippen LogP contribution is -2.31. The summed E-state index contributed by atoms with van der Waals surface area (Å²) >= 11 is 0. The zero-order chi connectivity index (χ0) is 23.1. The van der Waals surface area contributed by atoms with Gasteiger partial charge in [-0.15, -0.1) is 0 Å². The summed E-state index contributed by atoms with van der Waals surface area (Å²) in [7, 11) is 1.61. The maximum atomic E-state index is 13.6. The van der Waals surface area contributed by atoms with E-state index in [4.69, 9.17) is 9.15 Å². The second-order valence-corrected chi connectivity index (χ2v) is 8.22. The average Bonchev–Trinajstić information content (AvgIpc) is 3.11. The molecular weight excluding hydrogens is 421 g/mol. The number of aryl methyl sites for hydroxylation is 1. The number of methoxy groups -OCH3 is 1. The van der Waals surface area contributed by atoms with Gasteiger partial charge in [0.15, 0.2) is 5.43 Å². The van der Waals surface area contributed by atoms with Crippen molar-refractivity contribution in [1.82, 2.24) is 4.90 Å². The molecule has 33 heavy (non-hydrogen) atoms. The smallest absolute Gasteiger partial charge is 0.290 e. The van der Waals surface area contributed by atoms with Gasteiger partial charge >= 0.3 is 0 Å².